The van der Waals surface area contributed by atoms with Crippen LogP contribution in [0.1, 0.15) is 19.4 Å². The molecule has 2 aromatic rings. The minimum Gasteiger partial charge on any atom is -0.423 e. The molecular formula is C22H21FO5. The van der Waals surface area contributed by atoms with Gasteiger partial charge in [0.15, 0.2) is 0 Å². The molecule has 0 spiro atoms. The van der Waals surface area contributed by atoms with Gasteiger partial charge in [-0.3, -0.25) is 0 Å². The molecule has 0 N–H and O–H groups in total. The molecule has 5 nitrogen and oxygen atoms in total. The van der Waals surface area contributed by atoms with Gasteiger partial charge >= 0.3 is 11.9 Å². The maximum Gasteiger partial charge on any atom is 0.338 e. The molecule has 0 saturated heterocycles. The largest absolute Gasteiger partial charge is 0.423 e. The number of methoxy groups -OCH3 is 1. The van der Waals surface area contributed by atoms with Gasteiger partial charge in [0.25, 0.3) is 0 Å². The molecule has 2 aromatic carbocycles. The highest BCUT2D eigenvalue weighted by Crippen LogP contribution is 2.31. The van der Waals surface area contributed by atoms with Crippen LogP contribution in [0.3, 0.4) is 0 Å². The van der Waals surface area contributed by atoms with Crippen molar-refractivity contribution in [3.8, 4) is 22.6 Å². The van der Waals surface area contributed by atoms with Crippen molar-refractivity contribution in [2.75, 3.05) is 7.11 Å². The molecule has 0 bridgehead atoms. The SMILES string of the molecule is C=C(C)C(=O)Oc1ccc(-c2ccc(OC(=O)C(=C)C)c(COC)c2)c(F)c1. The van der Waals surface area contributed by atoms with E-state index in [2.05, 4.69) is 13.2 Å². The van der Waals surface area contributed by atoms with Crippen LogP contribution in [0.5, 0.6) is 11.5 Å². The lowest BCUT2D eigenvalue weighted by Gasteiger charge is -2.13. The summed E-state index contributed by atoms with van der Waals surface area (Å²) < 4.78 is 30.0. The van der Waals surface area contributed by atoms with Crippen molar-refractivity contribution in [2.24, 2.45) is 0 Å². The third kappa shape index (κ3) is 5.14. The number of halogens is 1. The summed E-state index contributed by atoms with van der Waals surface area (Å²) in [5.74, 6) is -1.36. The average molecular weight is 384 g/mol. The topological polar surface area (TPSA) is 61.8 Å². The van der Waals surface area contributed by atoms with Crippen LogP contribution in [0, 0.1) is 5.82 Å². The number of hydrogen-bond acceptors (Lipinski definition) is 5. The number of ether oxygens (including phenoxy) is 3. The van der Waals surface area contributed by atoms with Crippen molar-refractivity contribution in [3.63, 3.8) is 0 Å². The van der Waals surface area contributed by atoms with E-state index in [1.165, 1.54) is 26.2 Å². The highest BCUT2D eigenvalue weighted by Gasteiger charge is 2.14. The highest BCUT2D eigenvalue weighted by atomic mass is 19.1. The number of carbonyl (C=O) groups excluding carboxylic acids is 2. The maximum absolute atomic E-state index is 14.6. The quantitative estimate of drug-likeness (QED) is 0.397. The monoisotopic (exact) mass is 384 g/mol. The number of benzene rings is 2. The van der Waals surface area contributed by atoms with Crippen LogP contribution in [0.15, 0.2) is 60.7 Å². The molecule has 0 unspecified atom stereocenters. The Morgan fingerprint density at radius 2 is 1.61 bits per heavy atom. The lowest BCUT2D eigenvalue weighted by Crippen LogP contribution is -2.10. The molecule has 28 heavy (non-hydrogen) atoms. The number of esters is 2. The Morgan fingerprint density at radius 1 is 0.964 bits per heavy atom. The Bertz CT molecular complexity index is 946. The third-order valence-electron chi connectivity index (χ3n) is 3.72. The third-order valence-corrected chi connectivity index (χ3v) is 3.72. The Morgan fingerprint density at radius 3 is 2.18 bits per heavy atom. The average Bonchev–Trinajstić information content (AvgIpc) is 2.63. The van der Waals surface area contributed by atoms with Gasteiger partial charge in [0.05, 0.1) is 6.61 Å². The molecule has 0 aromatic heterocycles. The van der Waals surface area contributed by atoms with E-state index in [0.717, 1.165) is 6.07 Å². The molecule has 0 aliphatic rings. The molecule has 2 rings (SSSR count). The van der Waals surface area contributed by atoms with E-state index in [1.807, 2.05) is 0 Å². The zero-order valence-corrected chi connectivity index (χ0v) is 16.0. The van der Waals surface area contributed by atoms with Gasteiger partial charge in [-0.25, -0.2) is 14.0 Å². The summed E-state index contributed by atoms with van der Waals surface area (Å²) in [5, 5.41) is 0. The lowest BCUT2D eigenvalue weighted by atomic mass is 10.0. The zero-order valence-electron chi connectivity index (χ0n) is 16.0. The van der Waals surface area contributed by atoms with Crippen LogP contribution in [0.2, 0.25) is 0 Å². The van der Waals surface area contributed by atoms with Gasteiger partial charge in [0.1, 0.15) is 17.3 Å². The Hall–Kier alpha value is -3.25. The lowest BCUT2D eigenvalue weighted by molar-refractivity contribution is -0.131. The van der Waals surface area contributed by atoms with Gasteiger partial charge in [0.2, 0.25) is 0 Å². The van der Waals surface area contributed by atoms with Crippen molar-refractivity contribution >= 4 is 11.9 Å². The Kier molecular flexibility index (Phi) is 6.84. The van der Waals surface area contributed by atoms with Crippen molar-refractivity contribution in [1.82, 2.24) is 0 Å². The summed E-state index contributed by atoms with van der Waals surface area (Å²) in [6, 6.07) is 8.98. The molecule has 0 saturated carbocycles. The predicted molar refractivity (Wildman–Crippen MR) is 103 cm³/mol. The van der Waals surface area contributed by atoms with Gasteiger partial charge < -0.3 is 14.2 Å². The number of hydrogen-bond donors (Lipinski definition) is 0. The summed E-state index contributed by atoms with van der Waals surface area (Å²) >= 11 is 0. The summed E-state index contributed by atoms with van der Waals surface area (Å²) in [7, 11) is 1.50. The van der Waals surface area contributed by atoms with E-state index in [-0.39, 0.29) is 23.5 Å². The van der Waals surface area contributed by atoms with Gasteiger partial charge in [-0.15, -0.1) is 0 Å². The van der Waals surface area contributed by atoms with Crippen molar-refractivity contribution in [3.05, 3.63) is 72.1 Å². The molecule has 0 aliphatic carbocycles. The minimum atomic E-state index is -0.627. The zero-order chi connectivity index (χ0) is 20.8. The van der Waals surface area contributed by atoms with Gasteiger partial charge in [-0.1, -0.05) is 19.2 Å². The molecule has 0 fully saturated rings. The first-order chi connectivity index (χ1) is 13.2. The smallest absolute Gasteiger partial charge is 0.338 e. The molecular weight excluding hydrogens is 363 g/mol. The van der Waals surface area contributed by atoms with Crippen LogP contribution in [0.25, 0.3) is 11.1 Å². The van der Waals surface area contributed by atoms with Crippen LogP contribution < -0.4 is 9.47 Å². The summed E-state index contributed by atoms with van der Waals surface area (Å²) in [6.45, 7) is 10.3. The molecule has 0 heterocycles. The Labute approximate surface area is 163 Å². The van der Waals surface area contributed by atoms with Gasteiger partial charge in [-0.2, -0.15) is 0 Å². The first-order valence-corrected chi connectivity index (χ1v) is 8.40. The van der Waals surface area contributed by atoms with E-state index < -0.39 is 17.8 Å². The summed E-state index contributed by atoms with van der Waals surface area (Å²) in [5.41, 5.74) is 1.90. The van der Waals surface area contributed by atoms with Gasteiger partial charge in [-0.05, 0) is 43.7 Å². The first-order valence-electron chi connectivity index (χ1n) is 8.40. The normalized spacial score (nSPS) is 10.3. The van der Waals surface area contributed by atoms with E-state index in [4.69, 9.17) is 14.2 Å². The van der Waals surface area contributed by atoms with Crippen LogP contribution >= 0.6 is 0 Å². The molecule has 0 radical (unpaired) electrons. The van der Waals surface area contributed by atoms with Crippen molar-refractivity contribution in [2.45, 2.75) is 20.5 Å². The van der Waals surface area contributed by atoms with E-state index in [1.54, 1.807) is 25.1 Å². The van der Waals surface area contributed by atoms with E-state index in [0.29, 0.717) is 22.4 Å². The standard InChI is InChI=1S/C22H21FO5/c1-13(2)21(24)27-17-7-8-18(19(23)11-17)15-6-9-20(16(10-15)12-26-5)28-22(25)14(3)4/h6-11H,1,3,12H2,2,4-5H3. The fraction of sp³-hybridized carbons (Fsp3) is 0.182. The van der Waals surface area contributed by atoms with Crippen molar-refractivity contribution in [1.29, 1.82) is 0 Å². The first kappa shape index (κ1) is 21.1. The van der Waals surface area contributed by atoms with E-state index in [9.17, 15) is 14.0 Å². The second kappa shape index (κ2) is 9.10. The highest BCUT2D eigenvalue weighted by molar-refractivity contribution is 5.89. The Balaban J connectivity index is 2.35. The molecule has 146 valence electrons. The molecule has 6 heteroatoms. The van der Waals surface area contributed by atoms with Crippen LogP contribution in [-0.2, 0) is 20.9 Å². The second-order valence-electron chi connectivity index (χ2n) is 6.24. The molecule has 0 atom stereocenters. The van der Waals surface area contributed by atoms with Crippen LogP contribution in [0.4, 0.5) is 4.39 Å². The van der Waals surface area contributed by atoms with E-state index >= 15 is 0 Å². The second-order valence-corrected chi connectivity index (χ2v) is 6.24. The minimum absolute atomic E-state index is 0.0818. The fourth-order valence-corrected chi connectivity index (χ4v) is 2.29. The fourth-order valence-electron chi connectivity index (χ4n) is 2.29. The summed E-state index contributed by atoms with van der Waals surface area (Å²) in [6.07, 6.45) is 0. The molecule has 0 aliphatic heterocycles. The summed E-state index contributed by atoms with van der Waals surface area (Å²) in [4.78, 5) is 23.3. The molecule has 0 amide bonds. The predicted octanol–water partition coefficient (Wildman–Crippen LogP) is 4.60. The van der Waals surface area contributed by atoms with Crippen molar-refractivity contribution < 1.29 is 28.2 Å². The number of carbonyl (C=O) groups is 2. The van der Waals surface area contributed by atoms with Gasteiger partial charge in [0, 0.05) is 35.4 Å². The maximum atomic E-state index is 14.6. The number of rotatable bonds is 7. The van der Waals surface area contributed by atoms with Crippen LogP contribution in [-0.4, -0.2) is 19.0 Å².